The summed E-state index contributed by atoms with van der Waals surface area (Å²) in [6.45, 7) is 0. The van der Waals surface area contributed by atoms with Gasteiger partial charge in [0.2, 0.25) is 0 Å². The highest BCUT2D eigenvalue weighted by Crippen LogP contribution is 2.32. The van der Waals surface area contributed by atoms with Gasteiger partial charge >= 0.3 is 12.1 Å². The van der Waals surface area contributed by atoms with Crippen molar-refractivity contribution in [2.24, 2.45) is 0 Å². The number of hydrogen-bond acceptors (Lipinski definition) is 2. The molecule has 0 atom stereocenters. The molecule has 21 heavy (non-hydrogen) atoms. The van der Waals surface area contributed by atoms with Gasteiger partial charge in [0.1, 0.15) is 5.69 Å². The molecule has 0 amide bonds. The summed E-state index contributed by atoms with van der Waals surface area (Å²) in [5.74, 6) is -4.38. The van der Waals surface area contributed by atoms with E-state index in [1.807, 2.05) is 0 Å². The average Bonchev–Trinajstić information content (AvgIpc) is 2.40. The SMILES string of the molecule is O=C(O)c1nc(C(F)(F)F)ccc1-c1cccc(F)c1F. The first-order valence-corrected chi connectivity index (χ1v) is 5.47. The van der Waals surface area contributed by atoms with E-state index in [0.29, 0.717) is 6.07 Å². The normalized spacial score (nSPS) is 11.5. The molecule has 0 saturated carbocycles. The van der Waals surface area contributed by atoms with Crippen LogP contribution in [0.2, 0.25) is 0 Å². The summed E-state index contributed by atoms with van der Waals surface area (Å²) >= 11 is 0. The van der Waals surface area contributed by atoms with Gasteiger partial charge < -0.3 is 5.11 Å². The van der Waals surface area contributed by atoms with E-state index in [4.69, 9.17) is 5.11 Å². The van der Waals surface area contributed by atoms with Gasteiger partial charge in [-0.15, -0.1) is 0 Å². The van der Waals surface area contributed by atoms with E-state index < -0.39 is 46.3 Å². The Labute approximate surface area is 114 Å². The number of pyridine rings is 1. The maximum Gasteiger partial charge on any atom is 0.433 e. The first-order chi connectivity index (χ1) is 9.71. The second kappa shape index (κ2) is 5.12. The lowest BCUT2D eigenvalue weighted by molar-refractivity contribution is -0.141. The van der Waals surface area contributed by atoms with Gasteiger partial charge in [0.25, 0.3) is 0 Å². The number of carboxylic acid groups (broad SMARTS) is 1. The third-order valence-electron chi connectivity index (χ3n) is 2.63. The Morgan fingerprint density at radius 2 is 1.71 bits per heavy atom. The van der Waals surface area contributed by atoms with Crippen LogP contribution in [-0.4, -0.2) is 16.1 Å². The van der Waals surface area contributed by atoms with Crippen molar-refractivity contribution in [3.8, 4) is 11.1 Å². The van der Waals surface area contributed by atoms with E-state index in [2.05, 4.69) is 4.98 Å². The van der Waals surface area contributed by atoms with Crippen LogP contribution in [0.5, 0.6) is 0 Å². The standard InChI is InChI=1S/C13H6F5NO2/c14-8-3-1-2-6(10(8)15)7-4-5-9(13(16,17)18)19-11(7)12(20)21/h1-5H,(H,20,21). The van der Waals surface area contributed by atoms with Crippen LogP contribution in [-0.2, 0) is 6.18 Å². The number of aromatic carboxylic acids is 1. The number of nitrogens with zero attached hydrogens (tertiary/aromatic N) is 1. The van der Waals surface area contributed by atoms with Crippen molar-refractivity contribution >= 4 is 5.97 Å². The van der Waals surface area contributed by atoms with Crippen LogP contribution in [0.25, 0.3) is 11.1 Å². The van der Waals surface area contributed by atoms with Crippen molar-refractivity contribution in [2.45, 2.75) is 6.18 Å². The molecule has 2 rings (SSSR count). The molecule has 1 heterocycles. The van der Waals surface area contributed by atoms with Gasteiger partial charge in [0, 0.05) is 11.1 Å². The Morgan fingerprint density at radius 3 is 2.29 bits per heavy atom. The minimum Gasteiger partial charge on any atom is -0.476 e. The molecule has 0 aliphatic rings. The smallest absolute Gasteiger partial charge is 0.433 e. The summed E-state index contributed by atoms with van der Waals surface area (Å²) in [4.78, 5) is 14.0. The fourth-order valence-corrected chi connectivity index (χ4v) is 1.71. The number of aromatic nitrogens is 1. The van der Waals surface area contributed by atoms with E-state index in [9.17, 15) is 26.7 Å². The van der Waals surface area contributed by atoms with Crippen LogP contribution in [0.15, 0.2) is 30.3 Å². The highest BCUT2D eigenvalue weighted by molar-refractivity contribution is 5.94. The Balaban J connectivity index is 2.70. The molecule has 1 aromatic carbocycles. The van der Waals surface area contributed by atoms with Gasteiger partial charge in [-0.1, -0.05) is 12.1 Å². The number of benzene rings is 1. The second-order valence-electron chi connectivity index (χ2n) is 4.00. The molecule has 3 nitrogen and oxygen atoms in total. The highest BCUT2D eigenvalue weighted by atomic mass is 19.4. The van der Waals surface area contributed by atoms with E-state index in [0.717, 1.165) is 24.3 Å². The molecular weight excluding hydrogens is 297 g/mol. The minimum absolute atomic E-state index is 0.437. The zero-order chi connectivity index (χ0) is 15.8. The molecule has 0 spiro atoms. The maximum atomic E-state index is 13.6. The number of carbonyl (C=O) groups is 1. The molecule has 0 aliphatic carbocycles. The first-order valence-electron chi connectivity index (χ1n) is 5.47. The topological polar surface area (TPSA) is 50.2 Å². The molecular formula is C13H6F5NO2. The number of hydrogen-bond donors (Lipinski definition) is 1. The van der Waals surface area contributed by atoms with Crippen LogP contribution in [0, 0.1) is 11.6 Å². The summed E-state index contributed by atoms with van der Waals surface area (Å²) in [6, 6.07) is 4.21. The van der Waals surface area contributed by atoms with E-state index in [-0.39, 0.29) is 0 Å². The summed E-state index contributed by atoms with van der Waals surface area (Å²) < 4.78 is 64.3. The summed E-state index contributed by atoms with van der Waals surface area (Å²) in [7, 11) is 0. The summed E-state index contributed by atoms with van der Waals surface area (Å²) in [5, 5.41) is 8.93. The fraction of sp³-hybridized carbons (Fsp3) is 0.0769. The molecule has 0 bridgehead atoms. The highest BCUT2D eigenvalue weighted by Gasteiger charge is 2.34. The molecule has 1 N–H and O–H groups in total. The van der Waals surface area contributed by atoms with Crippen molar-refractivity contribution in [2.75, 3.05) is 0 Å². The van der Waals surface area contributed by atoms with Crippen molar-refractivity contribution < 1.29 is 31.9 Å². The second-order valence-corrected chi connectivity index (χ2v) is 4.00. The zero-order valence-electron chi connectivity index (χ0n) is 10.1. The van der Waals surface area contributed by atoms with Crippen LogP contribution in [0.1, 0.15) is 16.2 Å². The summed E-state index contributed by atoms with van der Waals surface area (Å²) in [6.07, 6.45) is -4.84. The predicted octanol–water partition coefficient (Wildman–Crippen LogP) is 3.74. The van der Waals surface area contributed by atoms with Crippen LogP contribution in [0.3, 0.4) is 0 Å². The maximum absolute atomic E-state index is 13.6. The fourth-order valence-electron chi connectivity index (χ4n) is 1.71. The molecule has 0 saturated heterocycles. The molecule has 8 heteroatoms. The van der Waals surface area contributed by atoms with E-state index >= 15 is 0 Å². The average molecular weight is 303 g/mol. The van der Waals surface area contributed by atoms with Crippen molar-refractivity contribution in [3.63, 3.8) is 0 Å². The summed E-state index contributed by atoms with van der Waals surface area (Å²) in [5.41, 5.74) is -3.35. The van der Waals surface area contributed by atoms with Crippen LogP contribution >= 0.6 is 0 Å². The molecule has 1 aromatic heterocycles. The lowest BCUT2D eigenvalue weighted by atomic mass is 10.0. The molecule has 0 unspecified atom stereocenters. The van der Waals surface area contributed by atoms with Gasteiger partial charge in [0.05, 0.1) is 0 Å². The Morgan fingerprint density at radius 1 is 1.05 bits per heavy atom. The third kappa shape index (κ3) is 2.83. The Bertz CT molecular complexity index is 712. The van der Waals surface area contributed by atoms with E-state index in [1.54, 1.807) is 0 Å². The van der Waals surface area contributed by atoms with Crippen molar-refractivity contribution in [1.29, 1.82) is 0 Å². The number of halogens is 5. The molecule has 0 aliphatic heterocycles. The number of carboxylic acids is 1. The van der Waals surface area contributed by atoms with Crippen LogP contribution in [0.4, 0.5) is 22.0 Å². The van der Waals surface area contributed by atoms with Gasteiger partial charge in [-0.2, -0.15) is 13.2 Å². The number of alkyl halides is 3. The molecule has 2 aromatic rings. The number of rotatable bonds is 2. The Hall–Kier alpha value is -2.51. The van der Waals surface area contributed by atoms with Gasteiger partial charge in [0.15, 0.2) is 17.3 Å². The quantitative estimate of drug-likeness (QED) is 0.860. The van der Waals surface area contributed by atoms with E-state index in [1.165, 1.54) is 0 Å². The third-order valence-corrected chi connectivity index (χ3v) is 2.63. The predicted molar refractivity (Wildman–Crippen MR) is 61.6 cm³/mol. The lowest BCUT2D eigenvalue weighted by Crippen LogP contribution is -2.13. The lowest BCUT2D eigenvalue weighted by Gasteiger charge is -2.11. The van der Waals surface area contributed by atoms with Gasteiger partial charge in [-0.25, -0.2) is 18.6 Å². The van der Waals surface area contributed by atoms with Gasteiger partial charge in [-0.3, -0.25) is 0 Å². The minimum atomic E-state index is -4.84. The van der Waals surface area contributed by atoms with Crippen molar-refractivity contribution in [1.82, 2.24) is 4.98 Å². The molecule has 110 valence electrons. The Kier molecular flexibility index (Phi) is 3.63. The molecule has 0 radical (unpaired) electrons. The van der Waals surface area contributed by atoms with Crippen molar-refractivity contribution in [3.05, 3.63) is 53.4 Å². The van der Waals surface area contributed by atoms with Gasteiger partial charge in [-0.05, 0) is 18.2 Å². The largest absolute Gasteiger partial charge is 0.476 e. The monoisotopic (exact) mass is 303 g/mol. The first kappa shape index (κ1) is 14.9. The zero-order valence-corrected chi connectivity index (χ0v) is 10.1. The van der Waals surface area contributed by atoms with Crippen LogP contribution < -0.4 is 0 Å². The molecule has 0 fully saturated rings.